The third-order valence-electron chi connectivity index (χ3n) is 9.75. The van der Waals surface area contributed by atoms with Gasteiger partial charge in [-0.25, -0.2) is 4.39 Å². The monoisotopic (exact) mass is 450 g/mol. The first kappa shape index (κ1) is 22.6. The predicted octanol–water partition coefficient (Wildman–Crippen LogP) is 2.89. The normalized spacial score (nSPS) is 52.0. The molecule has 4 fully saturated rings. The van der Waals surface area contributed by atoms with E-state index in [-0.39, 0.29) is 30.0 Å². The number of aliphatic hydroxyl groups is 2. The van der Waals surface area contributed by atoms with Crippen molar-refractivity contribution in [3.8, 4) is 0 Å². The van der Waals surface area contributed by atoms with Crippen molar-refractivity contribution < 1.29 is 33.7 Å². The summed E-state index contributed by atoms with van der Waals surface area (Å²) in [6, 6.07) is 0. The van der Waals surface area contributed by atoms with E-state index >= 15 is 4.39 Å². The Balaban J connectivity index is 1.57. The molecule has 1 saturated heterocycles. The number of alkyl halides is 1. The average molecular weight is 451 g/mol. The average Bonchev–Trinajstić information content (AvgIpc) is 3.21. The van der Waals surface area contributed by atoms with Gasteiger partial charge in [-0.15, -0.1) is 0 Å². The Morgan fingerprint density at radius 1 is 1.31 bits per heavy atom. The summed E-state index contributed by atoms with van der Waals surface area (Å²) in [5, 5.41) is 21.4. The standard InChI is InChI=1S/C25H35FO6/c1-4-5-21-31-20-10-15-14-9-17(26)16-8-13(28)6-7-23(16,2)22(14)18(29)11-24(15,3)25(20,32-21)19(30)12-27/h8,14-15,17-18,20-22,27,29H,4-7,9-12H2,1-3H3/t14-,15-,17-,18-,20+,21+,22+,23-,24-,25+/m0/s1. The first-order valence-electron chi connectivity index (χ1n) is 12.2. The van der Waals surface area contributed by atoms with E-state index in [2.05, 4.69) is 0 Å². The van der Waals surface area contributed by atoms with Gasteiger partial charge in [0.2, 0.25) is 0 Å². The lowest BCUT2D eigenvalue weighted by molar-refractivity contribution is -0.205. The van der Waals surface area contributed by atoms with Crippen molar-refractivity contribution in [2.75, 3.05) is 6.61 Å². The van der Waals surface area contributed by atoms with Gasteiger partial charge in [0, 0.05) is 11.8 Å². The van der Waals surface area contributed by atoms with Gasteiger partial charge in [-0.1, -0.05) is 27.2 Å². The Labute approximate surface area is 188 Å². The molecule has 6 nitrogen and oxygen atoms in total. The number of ketones is 2. The first-order chi connectivity index (χ1) is 15.1. The minimum absolute atomic E-state index is 0.0413. The van der Waals surface area contributed by atoms with Gasteiger partial charge in [0.05, 0.1) is 12.2 Å². The molecule has 5 aliphatic rings. The summed E-state index contributed by atoms with van der Waals surface area (Å²) in [6.45, 7) is 5.33. The lowest BCUT2D eigenvalue weighted by Crippen LogP contribution is -2.64. The smallest absolute Gasteiger partial charge is 0.193 e. The van der Waals surface area contributed by atoms with Crippen LogP contribution in [0.5, 0.6) is 0 Å². The highest BCUT2D eigenvalue weighted by molar-refractivity contribution is 5.92. The van der Waals surface area contributed by atoms with Crippen LogP contribution in [0.4, 0.5) is 4.39 Å². The zero-order chi connectivity index (χ0) is 23.1. The number of rotatable bonds is 4. The number of carbonyl (C=O) groups is 2. The number of hydrogen-bond acceptors (Lipinski definition) is 6. The lowest BCUT2D eigenvalue weighted by atomic mass is 9.45. The molecule has 0 spiro atoms. The first-order valence-corrected chi connectivity index (χ1v) is 12.2. The maximum Gasteiger partial charge on any atom is 0.193 e. The van der Waals surface area contributed by atoms with Crippen LogP contribution in [0.1, 0.15) is 65.7 Å². The van der Waals surface area contributed by atoms with E-state index in [4.69, 9.17) is 9.47 Å². The number of allylic oxidation sites excluding steroid dienone is 1. The summed E-state index contributed by atoms with van der Waals surface area (Å²) in [6.07, 6.45) is 1.97. The van der Waals surface area contributed by atoms with Gasteiger partial charge in [0.1, 0.15) is 12.8 Å². The van der Waals surface area contributed by atoms with Crippen LogP contribution < -0.4 is 0 Å². The zero-order valence-electron chi connectivity index (χ0n) is 19.2. The van der Waals surface area contributed by atoms with Gasteiger partial charge in [-0.05, 0) is 66.9 Å². The maximum absolute atomic E-state index is 15.5. The number of hydrogen-bond donors (Lipinski definition) is 2. The van der Waals surface area contributed by atoms with Gasteiger partial charge in [-0.3, -0.25) is 9.59 Å². The van der Waals surface area contributed by atoms with Gasteiger partial charge in [0.25, 0.3) is 0 Å². The molecule has 4 aliphatic carbocycles. The number of ether oxygens (including phenoxy) is 2. The van der Waals surface area contributed by atoms with Gasteiger partial charge in [-0.2, -0.15) is 0 Å². The Hall–Kier alpha value is -1.15. The van der Waals surface area contributed by atoms with E-state index in [0.717, 1.165) is 6.42 Å². The lowest BCUT2D eigenvalue weighted by Gasteiger charge is -2.61. The van der Waals surface area contributed by atoms with E-state index in [9.17, 15) is 19.8 Å². The van der Waals surface area contributed by atoms with E-state index < -0.39 is 53.5 Å². The van der Waals surface area contributed by atoms with Crippen molar-refractivity contribution in [3.63, 3.8) is 0 Å². The number of aliphatic hydroxyl groups excluding tert-OH is 2. The fourth-order valence-corrected chi connectivity index (χ4v) is 8.49. The highest BCUT2D eigenvalue weighted by Crippen LogP contribution is 2.70. The van der Waals surface area contributed by atoms with Crippen LogP contribution >= 0.6 is 0 Å². The second-order valence-electron chi connectivity index (χ2n) is 11.2. The van der Waals surface area contributed by atoms with Gasteiger partial charge < -0.3 is 19.7 Å². The van der Waals surface area contributed by atoms with Crippen molar-refractivity contribution in [3.05, 3.63) is 11.6 Å². The molecule has 32 heavy (non-hydrogen) atoms. The zero-order valence-corrected chi connectivity index (χ0v) is 19.2. The molecule has 178 valence electrons. The Morgan fingerprint density at radius 2 is 2.06 bits per heavy atom. The van der Waals surface area contributed by atoms with E-state index in [1.807, 2.05) is 20.8 Å². The molecule has 0 radical (unpaired) electrons. The highest BCUT2D eigenvalue weighted by atomic mass is 19.1. The fraction of sp³-hybridized carbons (Fsp3) is 0.840. The summed E-state index contributed by atoms with van der Waals surface area (Å²) in [7, 11) is 0. The molecule has 0 aromatic heterocycles. The summed E-state index contributed by atoms with van der Waals surface area (Å²) in [4.78, 5) is 25.3. The largest absolute Gasteiger partial charge is 0.393 e. The van der Waals surface area contributed by atoms with E-state index in [1.54, 1.807) is 0 Å². The number of halogens is 1. The Morgan fingerprint density at radius 3 is 2.75 bits per heavy atom. The quantitative estimate of drug-likeness (QED) is 0.684. The van der Waals surface area contributed by atoms with Crippen LogP contribution in [0.2, 0.25) is 0 Å². The summed E-state index contributed by atoms with van der Waals surface area (Å²) < 4.78 is 28.1. The van der Waals surface area contributed by atoms with Crippen LogP contribution in [0, 0.1) is 28.6 Å². The number of carbonyl (C=O) groups excluding carboxylic acids is 2. The van der Waals surface area contributed by atoms with Crippen LogP contribution in [0.3, 0.4) is 0 Å². The molecule has 1 heterocycles. The van der Waals surface area contributed by atoms with E-state index in [1.165, 1.54) is 6.08 Å². The molecule has 0 bridgehead atoms. The molecule has 0 aromatic rings. The summed E-state index contributed by atoms with van der Waals surface area (Å²) in [5.41, 5.74) is -2.12. The molecular weight excluding hydrogens is 415 g/mol. The van der Waals surface area contributed by atoms with Crippen LogP contribution in [-0.2, 0) is 19.1 Å². The number of Topliss-reactive ketones (excluding diaryl/α,β-unsaturated/α-hetero) is 1. The second kappa shape index (κ2) is 7.42. The van der Waals surface area contributed by atoms with Crippen LogP contribution in [-0.4, -0.2) is 58.7 Å². The topological polar surface area (TPSA) is 93.1 Å². The predicted molar refractivity (Wildman–Crippen MR) is 113 cm³/mol. The minimum Gasteiger partial charge on any atom is -0.393 e. The molecule has 0 amide bonds. The highest BCUT2D eigenvalue weighted by Gasteiger charge is 2.76. The molecular formula is C25H35FO6. The van der Waals surface area contributed by atoms with Crippen molar-refractivity contribution in [2.24, 2.45) is 28.6 Å². The van der Waals surface area contributed by atoms with Crippen molar-refractivity contribution in [2.45, 2.75) is 96.0 Å². The Bertz CT molecular complexity index is 857. The van der Waals surface area contributed by atoms with Crippen molar-refractivity contribution in [1.29, 1.82) is 0 Å². The van der Waals surface area contributed by atoms with Gasteiger partial charge >= 0.3 is 0 Å². The van der Waals surface area contributed by atoms with Crippen LogP contribution in [0.25, 0.3) is 0 Å². The SMILES string of the molecule is CCC[C@@H]1O[C@@H]2C[C@H]3[C@@H]4C[C@H](F)C5=CC(=O)CC[C@]5(C)[C@H]4[C@@H](O)C[C@]3(C)[C@]2(C(=O)CO)O1. The minimum atomic E-state index is -1.32. The molecule has 7 heteroatoms. The molecule has 3 saturated carbocycles. The fourth-order valence-electron chi connectivity index (χ4n) is 8.49. The maximum atomic E-state index is 15.5. The van der Waals surface area contributed by atoms with Crippen LogP contribution in [0.15, 0.2) is 11.6 Å². The van der Waals surface area contributed by atoms with E-state index in [0.29, 0.717) is 37.7 Å². The Kier molecular flexibility index (Phi) is 5.25. The molecule has 0 unspecified atom stereocenters. The second-order valence-corrected chi connectivity index (χ2v) is 11.2. The molecule has 5 rings (SSSR count). The van der Waals surface area contributed by atoms with Crippen molar-refractivity contribution >= 4 is 11.6 Å². The summed E-state index contributed by atoms with van der Waals surface area (Å²) in [5.74, 6) is -0.855. The molecule has 2 N–H and O–H groups in total. The number of fused-ring (bicyclic) bond motifs is 7. The molecule has 1 aliphatic heterocycles. The van der Waals surface area contributed by atoms with Crippen molar-refractivity contribution in [1.82, 2.24) is 0 Å². The third kappa shape index (κ3) is 2.71. The third-order valence-corrected chi connectivity index (χ3v) is 9.75. The molecule has 10 atom stereocenters. The van der Waals surface area contributed by atoms with Gasteiger partial charge in [0.15, 0.2) is 23.5 Å². The molecule has 0 aromatic carbocycles. The summed E-state index contributed by atoms with van der Waals surface area (Å²) >= 11 is 0.